The number of rotatable bonds is 11. The van der Waals surface area contributed by atoms with Crippen molar-refractivity contribution in [1.29, 1.82) is 0 Å². The highest BCUT2D eigenvalue weighted by Gasteiger charge is 2.15. The lowest BCUT2D eigenvalue weighted by Crippen LogP contribution is -2.12. The maximum Gasteiger partial charge on any atom is 0.191 e. The number of benzene rings is 3. The van der Waals surface area contributed by atoms with E-state index in [1.807, 2.05) is 53.3 Å². The van der Waals surface area contributed by atoms with Gasteiger partial charge in [-0.05, 0) is 35.4 Å². The molecule has 7 nitrogen and oxygen atoms in total. The second-order valence-corrected chi connectivity index (χ2v) is 9.04. The molecule has 0 fully saturated rings. The van der Waals surface area contributed by atoms with Gasteiger partial charge in [-0.2, -0.15) is 5.10 Å². The molecule has 0 spiro atoms. The van der Waals surface area contributed by atoms with Crippen LogP contribution in [0.25, 0.3) is 16.8 Å². The number of hydrogen-bond acceptors (Lipinski definition) is 6. The highest BCUT2D eigenvalue weighted by molar-refractivity contribution is 7.98. The minimum atomic E-state index is 0.319. The van der Waals surface area contributed by atoms with Gasteiger partial charge in [0.05, 0.1) is 12.3 Å². The van der Waals surface area contributed by atoms with Crippen molar-refractivity contribution in [3.05, 3.63) is 109 Å². The number of nitrogens with zero attached hydrogens (tertiary/aromatic N) is 5. The molecule has 0 saturated carbocycles. The number of para-hydroxylation sites is 1. The number of aromatic nitrogens is 5. The lowest BCUT2D eigenvalue weighted by Gasteiger charge is -2.13. The van der Waals surface area contributed by atoms with Gasteiger partial charge in [-0.25, -0.2) is 4.68 Å². The Morgan fingerprint density at radius 1 is 0.861 bits per heavy atom. The van der Waals surface area contributed by atoms with Crippen molar-refractivity contribution in [3.63, 3.8) is 0 Å². The van der Waals surface area contributed by atoms with Crippen LogP contribution in [0.1, 0.15) is 11.4 Å². The van der Waals surface area contributed by atoms with Crippen molar-refractivity contribution in [1.82, 2.24) is 24.5 Å². The van der Waals surface area contributed by atoms with Crippen molar-refractivity contribution in [2.45, 2.75) is 24.1 Å². The third-order valence-electron chi connectivity index (χ3n) is 5.71. The standard InChI is InChI=1S/C28H27N5O2S/c1-34-19-18-32-27(20-35-26-11-6-5-10-25(26)23-8-3-2-4-9-23)30-31-28(32)36-21-22-12-14-24(15-13-22)33-17-7-16-29-33/h2-17H,18-21H2,1H3. The Morgan fingerprint density at radius 3 is 2.44 bits per heavy atom. The molecule has 5 aromatic rings. The average molecular weight is 498 g/mol. The van der Waals surface area contributed by atoms with Gasteiger partial charge in [0.25, 0.3) is 0 Å². The molecule has 2 aromatic heterocycles. The SMILES string of the molecule is COCCn1c(COc2ccccc2-c2ccccc2)nnc1SCc1ccc(-n2cccn2)cc1. The molecule has 0 saturated heterocycles. The number of methoxy groups -OCH3 is 1. The monoisotopic (exact) mass is 497 g/mol. The van der Waals surface area contributed by atoms with Crippen LogP contribution in [0.5, 0.6) is 5.75 Å². The molecular formula is C28H27N5O2S. The van der Waals surface area contributed by atoms with E-state index in [0.29, 0.717) is 19.8 Å². The van der Waals surface area contributed by atoms with Gasteiger partial charge in [-0.1, -0.05) is 72.4 Å². The predicted octanol–water partition coefficient (Wildman–Crippen LogP) is 5.65. The molecular weight excluding hydrogens is 470 g/mol. The van der Waals surface area contributed by atoms with E-state index in [1.54, 1.807) is 25.1 Å². The van der Waals surface area contributed by atoms with Gasteiger partial charge in [-0.15, -0.1) is 10.2 Å². The largest absolute Gasteiger partial charge is 0.485 e. The van der Waals surface area contributed by atoms with E-state index in [9.17, 15) is 0 Å². The quantitative estimate of drug-likeness (QED) is 0.220. The zero-order valence-electron chi connectivity index (χ0n) is 20.0. The van der Waals surface area contributed by atoms with Crippen LogP contribution in [-0.2, 0) is 23.6 Å². The fourth-order valence-corrected chi connectivity index (χ4v) is 4.78. The van der Waals surface area contributed by atoms with Gasteiger partial charge in [0, 0.05) is 37.4 Å². The van der Waals surface area contributed by atoms with Crippen LogP contribution in [0.2, 0.25) is 0 Å². The summed E-state index contributed by atoms with van der Waals surface area (Å²) in [4.78, 5) is 0. The van der Waals surface area contributed by atoms with Gasteiger partial charge in [0.1, 0.15) is 12.4 Å². The van der Waals surface area contributed by atoms with Crippen molar-refractivity contribution in [2.24, 2.45) is 0 Å². The van der Waals surface area contributed by atoms with Crippen molar-refractivity contribution < 1.29 is 9.47 Å². The summed E-state index contributed by atoms with van der Waals surface area (Å²) in [5.74, 6) is 2.37. The molecule has 0 unspecified atom stereocenters. The van der Waals surface area contributed by atoms with Crippen LogP contribution >= 0.6 is 11.8 Å². The first kappa shape index (κ1) is 23.8. The topological polar surface area (TPSA) is 67.0 Å². The molecule has 2 heterocycles. The zero-order chi connectivity index (χ0) is 24.6. The molecule has 0 amide bonds. The van der Waals surface area contributed by atoms with E-state index >= 15 is 0 Å². The summed E-state index contributed by atoms with van der Waals surface area (Å²) >= 11 is 1.65. The average Bonchev–Trinajstić information content (AvgIpc) is 3.61. The maximum absolute atomic E-state index is 6.24. The minimum absolute atomic E-state index is 0.319. The van der Waals surface area contributed by atoms with Gasteiger partial charge in [0.2, 0.25) is 0 Å². The summed E-state index contributed by atoms with van der Waals surface area (Å²) in [6, 6.07) is 28.6. The Morgan fingerprint density at radius 2 is 1.67 bits per heavy atom. The van der Waals surface area contributed by atoms with Crippen molar-refractivity contribution in [2.75, 3.05) is 13.7 Å². The van der Waals surface area contributed by atoms with E-state index in [1.165, 1.54) is 5.56 Å². The molecule has 8 heteroatoms. The lowest BCUT2D eigenvalue weighted by atomic mass is 10.1. The van der Waals surface area contributed by atoms with Crippen LogP contribution in [0.3, 0.4) is 0 Å². The molecule has 36 heavy (non-hydrogen) atoms. The van der Waals surface area contributed by atoms with Gasteiger partial charge in [-0.3, -0.25) is 0 Å². The normalized spacial score (nSPS) is 11.0. The van der Waals surface area contributed by atoms with Crippen LogP contribution in [0.4, 0.5) is 0 Å². The van der Waals surface area contributed by atoms with Crippen LogP contribution in [0.15, 0.2) is 102 Å². The van der Waals surface area contributed by atoms with E-state index in [2.05, 4.69) is 62.3 Å². The van der Waals surface area contributed by atoms with E-state index < -0.39 is 0 Å². The molecule has 0 aliphatic carbocycles. The smallest absolute Gasteiger partial charge is 0.191 e. The molecule has 0 N–H and O–H groups in total. The zero-order valence-corrected chi connectivity index (χ0v) is 20.8. The second-order valence-electron chi connectivity index (χ2n) is 8.10. The van der Waals surface area contributed by atoms with Crippen molar-refractivity contribution in [3.8, 4) is 22.6 Å². The fraction of sp³-hybridized carbons (Fsp3) is 0.179. The van der Waals surface area contributed by atoms with Crippen LogP contribution < -0.4 is 4.74 Å². The highest BCUT2D eigenvalue weighted by Crippen LogP contribution is 2.30. The summed E-state index contributed by atoms with van der Waals surface area (Å²) in [5, 5.41) is 14.0. The van der Waals surface area contributed by atoms with Gasteiger partial charge < -0.3 is 14.0 Å². The minimum Gasteiger partial charge on any atom is -0.485 e. The molecule has 0 radical (unpaired) electrons. The second kappa shape index (κ2) is 11.7. The Bertz CT molecular complexity index is 1370. The Balaban J connectivity index is 1.28. The first-order valence-electron chi connectivity index (χ1n) is 11.7. The molecule has 0 bridgehead atoms. The third kappa shape index (κ3) is 5.67. The molecule has 182 valence electrons. The molecule has 0 aliphatic heterocycles. The summed E-state index contributed by atoms with van der Waals surface area (Å²) in [5.41, 5.74) is 4.40. The van der Waals surface area contributed by atoms with Gasteiger partial charge in [0.15, 0.2) is 11.0 Å². The summed E-state index contributed by atoms with van der Waals surface area (Å²) < 4.78 is 15.5. The number of hydrogen-bond donors (Lipinski definition) is 0. The van der Waals surface area contributed by atoms with Crippen LogP contribution in [-0.4, -0.2) is 38.3 Å². The molecule has 5 rings (SSSR count). The van der Waals surface area contributed by atoms with E-state index in [0.717, 1.165) is 39.3 Å². The first-order valence-corrected chi connectivity index (χ1v) is 12.7. The Labute approximate surface area is 214 Å². The molecule has 0 aliphatic rings. The number of ether oxygens (including phenoxy) is 2. The lowest BCUT2D eigenvalue weighted by molar-refractivity contribution is 0.181. The van der Waals surface area contributed by atoms with Gasteiger partial charge >= 0.3 is 0 Å². The molecule has 3 aromatic carbocycles. The third-order valence-corrected chi connectivity index (χ3v) is 6.75. The summed E-state index contributed by atoms with van der Waals surface area (Å²) in [7, 11) is 1.70. The predicted molar refractivity (Wildman–Crippen MR) is 141 cm³/mol. The highest BCUT2D eigenvalue weighted by atomic mass is 32.2. The maximum atomic E-state index is 6.24. The van der Waals surface area contributed by atoms with E-state index in [4.69, 9.17) is 9.47 Å². The Kier molecular flexibility index (Phi) is 7.75. The fourth-order valence-electron chi connectivity index (χ4n) is 3.85. The number of thioether (sulfide) groups is 1. The van der Waals surface area contributed by atoms with E-state index in [-0.39, 0.29) is 0 Å². The van der Waals surface area contributed by atoms with Crippen molar-refractivity contribution >= 4 is 11.8 Å². The Hall–Kier alpha value is -3.88. The summed E-state index contributed by atoms with van der Waals surface area (Å²) in [6.45, 7) is 1.54. The first-order chi connectivity index (χ1) is 17.8. The van der Waals surface area contributed by atoms with Crippen LogP contribution in [0, 0.1) is 0 Å². The molecule has 0 atom stereocenters. The summed E-state index contributed by atoms with van der Waals surface area (Å²) in [6.07, 6.45) is 3.71.